The molecule has 7 heteroatoms. The van der Waals surface area contributed by atoms with Crippen molar-refractivity contribution >= 4 is 39.7 Å². The summed E-state index contributed by atoms with van der Waals surface area (Å²) in [5, 5.41) is 10.6. The molecule has 0 aliphatic rings. The SMILES string of the molecule is CCCCCCCCCCCCSNCCCCn1c(CCO)nc2c(N)nc3ccccc3c21. The molecule has 35 heavy (non-hydrogen) atoms. The Morgan fingerprint density at radius 3 is 2.37 bits per heavy atom. The summed E-state index contributed by atoms with van der Waals surface area (Å²) < 4.78 is 5.77. The van der Waals surface area contributed by atoms with E-state index >= 15 is 0 Å². The molecule has 2 heterocycles. The lowest BCUT2D eigenvalue weighted by atomic mass is 10.1. The first-order valence-electron chi connectivity index (χ1n) is 13.7. The number of nitrogens with two attached hydrogens (primary N) is 1. The molecule has 3 rings (SSSR count). The fourth-order valence-electron chi connectivity index (χ4n) is 4.71. The quantitative estimate of drug-likeness (QED) is 0.127. The van der Waals surface area contributed by atoms with Crippen molar-refractivity contribution in [1.29, 1.82) is 0 Å². The summed E-state index contributed by atoms with van der Waals surface area (Å²) in [6, 6.07) is 8.08. The van der Waals surface area contributed by atoms with Crippen molar-refractivity contribution in [1.82, 2.24) is 19.3 Å². The van der Waals surface area contributed by atoms with Gasteiger partial charge in [0.2, 0.25) is 0 Å². The van der Waals surface area contributed by atoms with Crippen LogP contribution in [0.1, 0.15) is 89.8 Å². The maximum absolute atomic E-state index is 9.55. The third-order valence-electron chi connectivity index (χ3n) is 6.64. The number of hydrogen-bond donors (Lipinski definition) is 3. The molecule has 4 N–H and O–H groups in total. The molecule has 0 saturated heterocycles. The minimum atomic E-state index is 0.0751. The molecule has 0 fully saturated rings. The van der Waals surface area contributed by atoms with Crippen LogP contribution in [0.5, 0.6) is 0 Å². The van der Waals surface area contributed by atoms with Crippen LogP contribution in [0, 0.1) is 0 Å². The lowest BCUT2D eigenvalue weighted by molar-refractivity contribution is 0.294. The standard InChI is InChI=1S/C28H45N5OS/c1-2-3-4-5-6-7-8-9-10-15-22-35-30-19-13-14-20-33-25(18-21-34)32-26-27(33)23-16-11-12-17-24(23)31-28(26)29/h11-12,16-17,30,34H,2-10,13-15,18-22H2,1H3,(H2,29,31). The molecule has 0 radical (unpaired) electrons. The molecule has 3 aromatic rings. The minimum absolute atomic E-state index is 0.0751. The molecule has 0 amide bonds. The van der Waals surface area contributed by atoms with Gasteiger partial charge in [0.1, 0.15) is 11.3 Å². The predicted molar refractivity (Wildman–Crippen MR) is 152 cm³/mol. The summed E-state index contributed by atoms with van der Waals surface area (Å²) in [5.74, 6) is 2.54. The van der Waals surface area contributed by atoms with E-state index in [1.54, 1.807) is 0 Å². The van der Waals surface area contributed by atoms with Gasteiger partial charge in [0.05, 0.1) is 17.6 Å². The van der Waals surface area contributed by atoms with Crippen LogP contribution >= 0.6 is 11.9 Å². The first kappa shape index (κ1) is 27.8. The average molecular weight is 500 g/mol. The molecule has 1 aromatic carbocycles. The Labute approximate surface area is 215 Å². The number of nitrogens with zero attached hydrogens (tertiary/aromatic N) is 3. The van der Waals surface area contributed by atoms with Crippen LogP contribution in [0.25, 0.3) is 21.9 Å². The fourth-order valence-corrected chi connectivity index (χ4v) is 5.49. The van der Waals surface area contributed by atoms with Crippen LogP contribution in [-0.2, 0) is 13.0 Å². The third kappa shape index (κ3) is 8.65. The second-order valence-corrected chi connectivity index (χ2v) is 10.5. The second-order valence-electron chi connectivity index (χ2n) is 9.50. The van der Waals surface area contributed by atoms with Gasteiger partial charge in [0.15, 0.2) is 5.82 Å². The molecule has 6 nitrogen and oxygen atoms in total. The molecule has 0 aliphatic heterocycles. The van der Waals surface area contributed by atoms with E-state index in [1.807, 2.05) is 30.1 Å². The number of unbranched alkanes of at least 4 members (excludes halogenated alkanes) is 10. The number of rotatable bonds is 19. The Balaban J connectivity index is 1.34. The summed E-state index contributed by atoms with van der Waals surface area (Å²) in [6.07, 6.45) is 16.6. The predicted octanol–water partition coefficient (Wildman–Crippen LogP) is 6.64. The Hall–Kier alpha value is -1.83. The molecule has 0 bridgehead atoms. The minimum Gasteiger partial charge on any atom is -0.396 e. The van der Waals surface area contributed by atoms with Crippen LogP contribution in [0.3, 0.4) is 0 Å². The normalized spacial score (nSPS) is 11.7. The molecule has 2 aromatic heterocycles. The molecule has 0 spiro atoms. The highest BCUT2D eigenvalue weighted by atomic mass is 32.2. The van der Waals surface area contributed by atoms with Gasteiger partial charge in [-0.25, -0.2) is 9.97 Å². The zero-order valence-corrected chi connectivity index (χ0v) is 22.4. The van der Waals surface area contributed by atoms with Crippen molar-refractivity contribution < 1.29 is 5.11 Å². The van der Waals surface area contributed by atoms with E-state index in [9.17, 15) is 5.11 Å². The van der Waals surface area contributed by atoms with Gasteiger partial charge < -0.3 is 15.4 Å². The van der Waals surface area contributed by atoms with E-state index in [4.69, 9.17) is 10.7 Å². The lowest BCUT2D eigenvalue weighted by Crippen LogP contribution is -2.10. The van der Waals surface area contributed by atoms with Gasteiger partial charge in [-0.2, -0.15) is 0 Å². The average Bonchev–Trinajstić information content (AvgIpc) is 3.23. The zero-order chi connectivity index (χ0) is 24.7. The highest BCUT2D eigenvalue weighted by molar-refractivity contribution is 7.97. The van der Waals surface area contributed by atoms with E-state index in [0.717, 1.165) is 53.7 Å². The van der Waals surface area contributed by atoms with Gasteiger partial charge in [-0.05, 0) is 25.3 Å². The number of imidazole rings is 1. The number of anilines is 1. The monoisotopic (exact) mass is 499 g/mol. The van der Waals surface area contributed by atoms with Crippen LogP contribution in [0.2, 0.25) is 0 Å². The second kappa shape index (κ2) is 16.0. The van der Waals surface area contributed by atoms with Crippen molar-refractivity contribution in [2.24, 2.45) is 0 Å². The van der Waals surface area contributed by atoms with Crippen LogP contribution in [0.4, 0.5) is 5.82 Å². The third-order valence-corrected chi connectivity index (χ3v) is 7.54. The van der Waals surface area contributed by atoms with Gasteiger partial charge in [0, 0.05) is 30.6 Å². The topological polar surface area (TPSA) is 89.0 Å². The first-order valence-corrected chi connectivity index (χ1v) is 14.7. The summed E-state index contributed by atoms with van der Waals surface area (Å²) in [4.78, 5) is 9.26. The number of aromatic nitrogens is 3. The van der Waals surface area contributed by atoms with Crippen LogP contribution < -0.4 is 10.5 Å². The molecule has 0 atom stereocenters. The summed E-state index contributed by atoms with van der Waals surface area (Å²) in [5.41, 5.74) is 8.91. The number of nitrogens with one attached hydrogen (secondary N) is 1. The number of nitrogen functional groups attached to an aromatic ring is 1. The number of aliphatic hydroxyl groups is 1. The lowest BCUT2D eigenvalue weighted by Gasteiger charge is -2.11. The molecular formula is C28H45N5OS. The van der Waals surface area contributed by atoms with Crippen molar-refractivity contribution in [3.8, 4) is 0 Å². The van der Waals surface area contributed by atoms with E-state index in [2.05, 4.69) is 27.3 Å². The molecule has 0 unspecified atom stereocenters. The van der Waals surface area contributed by atoms with Crippen LogP contribution in [0.15, 0.2) is 24.3 Å². The van der Waals surface area contributed by atoms with Gasteiger partial charge in [0.25, 0.3) is 0 Å². The summed E-state index contributed by atoms with van der Waals surface area (Å²) in [7, 11) is 0. The summed E-state index contributed by atoms with van der Waals surface area (Å²) in [6.45, 7) is 4.23. The van der Waals surface area contributed by atoms with Gasteiger partial charge in [-0.1, -0.05) is 94.9 Å². The highest BCUT2D eigenvalue weighted by Gasteiger charge is 2.16. The van der Waals surface area contributed by atoms with E-state index in [-0.39, 0.29) is 6.61 Å². The van der Waals surface area contributed by atoms with Gasteiger partial charge in [-0.3, -0.25) is 4.72 Å². The maximum Gasteiger partial charge on any atom is 0.152 e. The molecular weight excluding hydrogens is 454 g/mol. The van der Waals surface area contributed by atoms with E-state index < -0.39 is 0 Å². The largest absolute Gasteiger partial charge is 0.396 e. The number of fused-ring (bicyclic) bond motifs is 3. The Morgan fingerprint density at radius 2 is 1.63 bits per heavy atom. The number of aliphatic hydroxyl groups excluding tert-OH is 1. The Kier molecular flexibility index (Phi) is 12.7. The number of benzene rings is 1. The number of aryl methyl sites for hydroxylation is 1. The summed E-state index contributed by atoms with van der Waals surface area (Å²) >= 11 is 1.87. The van der Waals surface area contributed by atoms with Crippen molar-refractivity contribution in [2.75, 3.05) is 24.6 Å². The highest BCUT2D eigenvalue weighted by Crippen LogP contribution is 2.29. The van der Waals surface area contributed by atoms with Crippen molar-refractivity contribution in [3.05, 3.63) is 30.1 Å². The smallest absolute Gasteiger partial charge is 0.152 e. The molecule has 194 valence electrons. The van der Waals surface area contributed by atoms with Crippen LogP contribution in [-0.4, -0.2) is 38.5 Å². The first-order chi connectivity index (χ1) is 17.3. The molecule has 0 saturated carbocycles. The zero-order valence-electron chi connectivity index (χ0n) is 21.6. The van der Waals surface area contributed by atoms with Crippen molar-refractivity contribution in [2.45, 2.75) is 96.9 Å². The van der Waals surface area contributed by atoms with E-state index in [0.29, 0.717) is 12.2 Å². The van der Waals surface area contributed by atoms with E-state index in [1.165, 1.54) is 70.0 Å². The Morgan fingerprint density at radius 1 is 0.914 bits per heavy atom. The Bertz CT molecular complexity index is 1010. The number of hydrogen-bond acceptors (Lipinski definition) is 6. The molecule has 0 aliphatic carbocycles. The van der Waals surface area contributed by atoms with Crippen molar-refractivity contribution in [3.63, 3.8) is 0 Å². The number of pyridine rings is 1. The fraction of sp³-hybridized carbons (Fsp3) is 0.643. The number of para-hydroxylation sites is 1. The van der Waals surface area contributed by atoms with Gasteiger partial charge in [-0.15, -0.1) is 0 Å². The maximum atomic E-state index is 9.55. The van der Waals surface area contributed by atoms with Gasteiger partial charge >= 0.3 is 0 Å².